The molecule has 0 saturated carbocycles. The molecule has 1 amide bonds. The molecule has 0 bridgehead atoms. The third-order valence-electron chi connectivity index (χ3n) is 6.87. The fourth-order valence-electron chi connectivity index (χ4n) is 4.76. The lowest BCUT2D eigenvalue weighted by Crippen LogP contribution is -2.31. The smallest absolute Gasteiger partial charge is 0.248 e. The number of hydrogen-bond acceptors (Lipinski definition) is 8. The average Bonchev–Trinajstić information content (AvgIpc) is 3.61. The van der Waals surface area contributed by atoms with E-state index in [0.29, 0.717) is 39.8 Å². The summed E-state index contributed by atoms with van der Waals surface area (Å²) < 4.78 is 7.53. The largest absolute Gasteiger partial charge is 0.494 e. The van der Waals surface area contributed by atoms with Gasteiger partial charge in [0.2, 0.25) is 11.9 Å². The highest BCUT2D eigenvalue weighted by molar-refractivity contribution is 6.33. The number of carbonyl (C=O) groups excluding carboxylic acids is 1. The van der Waals surface area contributed by atoms with Crippen LogP contribution in [0, 0.1) is 0 Å². The molecule has 40 heavy (non-hydrogen) atoms. The molecule has 1 fully saturated rings. The molecular formula is C29H31ClN8O2. The number of pyridine rings is 1. The maximum atomic E-state index is 12.7. The molecule has 10 nitrogen and oxygen atoms in total. The molecule has 1 aliphatic rings. The van der Waals surface area contributed by atoms with Crippen LogP contribution in [0.15, 0.2) is 73.7 Å². The van der Waals surface area contributed by atoms with Crippen LogP contribution in [0.5, 0.6) is 5.75 Å². The topological polar surface area (TPSA) is 99.9 Å². The van der Waals surface area contributed by atoms with Gasteiger partial charge in [0.25, 0.3) is 0 Å². The number of rotatable bonds is 9. The normalized spacial score (nSPS) is 15.2. The van der Waals surface area contributed by atoms with E-state index in [0.717, 1.165) is 36.3 Å². The molecule has 2 N–H and O–H groups in total. The second kappa shape index (κ2) is 11.8. The van der Waals surface area contributed by atoms with Crippen LogP contribution in [0.25, 0.3) is 16.8 Å². The van der Waals surface area contributed by atoms with Gasteiger partial charge >= 0.3 is 0 Å². The van der Waals surface area contributed by atoms with E-state index in [1.807, 2.05) is 36.5 Å². The van der Waals surface area contributed by atoms with Crippen LogP contribution in [-0.4, -0.2) is 70.7 Å². The van der Waals surface area contributed by atoms with Gasteiger partial charge in [0.05, 0.1) is 52.8 Å². The Bertz CT molecular complexity index is 1580. The Kier molecular flexibility index (Phi) is 7.99. The molecule has 1 saturated heterocycles. The van der Waals surface area contributed by atoms with E-state index in [4.69, 9.17) is 21.3 Å². The summed E-state index contributed by atoms with van der Waals surface area (Å²) in [5.41, 5.74) is 4.30. The molecule has 3 aromatic heterocycles. The van der Waals surface area contributed by atoms with Crippen LogP contribution in [0.1, 0.15) is 6.42 Å². The van der Waals surface area contributed by atoms with Crippen LogP contribution in [0.3, 0.4) is 0 Å². The van der Waals surface area contributed by atoms with Crippen LogP contribution in [0.4, 0.5) is 23.0 Å². The molecule has 1 aliphatic heterocycles. The fourth-order valence-corrected chi connectivity index (χ4v) is 4.96. The van der Waals surface area contributed by atoms with Crippen molar-refractivity contribution in [3.8, 4) is 17.0 Å². The zero-order chi connectivity index (χ0) is 28.2. The number of nitrogens with one attached hydrogen (secondary N) is 2. The summed E-state index contributed by atoms with van der Waals surface area (Å²) in [5.74, 6) is 0.635. The Hall–Kier alpha value is -4.41. The van der Waals surface area contributed by atoms with Gasteiger partial charge in [-0.15, -0.1) is 0 Å². The van der Waals surface area contributed by atoms with E-state index in [-0.39, 0.29) is 5.91 Å². The summed E-state index contributed by atoms with van der Waals surface area (Å²) >= 11 is 6.52. The molecule has 1 aromatic carbocycles. The van der Waals surface area contributed by atoms with Crippen LogP contribution in [-0.2, 0) is 4.79 Å². The minimum absolute atomic E-state index is 0.265. The van der Waals surface area contributed by atoms with Crippen molar-refractivity contribution in [1.29, 1.82) is 0 Å². The van der Waals surface area contributed by atoms with Crippen molar-refractivity contribution in [2.24, 2.45) is 0 Å². The van der Waals surface area contributed by atoms with Gasteiger partial charge in [0, 0.05) is 43.0 Å². The van der Waals surface area contributed by atoms with Crippen LogP contribution >= 0.6 is 11.6 Å². The number of likely N-dealkylation sites (N-methyl/N-ethyl adjacent to an activating group) is 1. The van der Waals surface area contributed by atoms with E-state index in [9.17, 15) is 4.79 Å². The number of halogens is 1. The zero-order valence-corrected chi connectivity index (χ0v) is 23.4. The summed E-state index contributed by atoms with van der Waals surface area (Å²) in [5, 5.41) is 11.1. The van der Waals surface area contributed by atoms with Crippen molar-refractivity contribution in [1.82, 2.24) is 24.5 Å². The van der Waals surface area contributed by atoms with Crippen molar-refractivity contribution in [2.75, 3.05) is 49.8 Å². The molecular weight excluding hydrogens is 528 g/mol. The highest BCUT2D eigenvalue weighted by Gasteiger charge is 2.27. The first-order valence-electron chi connectivity index (χ1n) is 12.8. The van der Waals surface area contributed by atoms with E-state index < -0.39 is 0 Å². The summed E-state index contributed by atoms with van der Waals surface area (Å²) in [6, 6.07) is 9.96. The van der Waals surface area contributed by atoms with Gasteiger partial charge in [-0.1, -0.05) is 36.4 Å². The Morgan fingerprint density at radius 3 is 2.85 bits per heavy atom. The highest BCUT2D eigenvalue weighted by Crippen LogP contribution is 2.40. The Morgan fingerprint density at radius 2 is 2.10 bits per heavy atom. The van der Waals surface area contributed by atoms with Crippen LogP contribution < -0.4 is 20.3 Å². The van der Waals surface area contributed by atoms with Gasteiger partial charge in [-0.05, 0) is 38.7 Å². The molecule has 11 heteroatoms. The predicted molar refractivity (Wildman–Crippen MR) is 160 cm³/mol. The number of amides is 1. The maximum absolute atomic E-state index is 12.7. The summed E-state index contributed by atoms with van der Waals surface area (Å²) in [6.07, 6.45) is 10.7. The van der Waals surface area contributed by atoms with Crippen molar-refractivity contribution in [3.05, 3.63) is 78.8 Å². The number of nitrogens with zero attached hydrogens (tertiary/aromatic N) is 6. The lowest BCUT2D eigenvalue weighted by atomic mass is 10.2. The maximum Gasteiger partial charge on any atom is 0.248 e. The molecule has 4 heterocycles. The number of anilines is 4. The molecule has 4 aromatic rings. The molecule has 5 rings (SSSR count). The van der Waals surface area contributed by atoms with E-state index in [2.05, 4.69) is 51.2 Å². The first kappa shape index (κ1) is 27.2. The molecule has 0 spiro atoms. The van der Waals surface area contributed by atoms with Gasteiger partial charge in [-0.3, -0.25) is 4.79 Å². The standard InChI is InChI=1S/C29H31ClN8O2/c1-5-6-10-27(39)33-22-14-23(26(40-4)15-25(22)37-13-11-19(18-37)36(2)3)34-29-31-17-21(30)28(35-29)20-16-32-38-12-8-7-9-24(20)38/h5-10,12,14-17,19H,1,11,13,18H2,2-4H3,(H,33,39)(H,31,34,35)/b10-6+/t19-/m0/s1. The third kappa shape index (κ3) is 5.63. The number of ether oxygens (including phenoxy) is 1. The lowest BCUT2D eigenvalue weighted by Gasteiger charge is -2.25. The van der Waals surface area contributed by atoms with Gasteiger partial charge in [0.15, 0.2) is 0 Å². The predicted octanol–water partition coefficient (Wildman–Crippen LogP) is 5.02. The molecule has 206 valence electrons. The number of methoxy groups -OCH3 is 1. The molecule has 0 aliphatic carbocycles. The molecule has 1 atom stereocenters. The van der Waals surface area contributed by atoms with Crippen molar-refractivity contribution >= 4 is 46.0 Å². The lowest BCUT2D eigenvalue weighted by molar-refractivity contribution is -0.111. The number of benzene rings is 1. The second-order valence-corrected chi connectivity index (χ2v) is 10.0. The monoisotopic (exact) mass is 558 g/mol. The van der Waals surface area contributed by atoms with Gasteiger partial charge < -0.3 is 25.2 Å². The Labute approximate surface area is 237 Å². The molecule has 0 unspecified atom stereocenters. The minimum atomic E-state index is -0.265. The minimum Gasteiger partial charge on any atom is -0.494 e. The Morgan fingerprint density at radius 1 is 1.25 bits per heavy atom. The SMILES string of the molecule is C=C/C=C/C(=O)Nc1cc(Nc2ncc(Cl)c(-c3cnn4ccccc34)n2)c(OC)cc1N1CC[C@H](N(C)C)C1. The van der Waals surface area contributed by atoms with Crippen molar-refractivity contribution < 1.29 is 9.53 Å². The average molecular weight is 559 g/mol. The summed E-state index contributed by atoms with van der Waals surface area (Å²) in [4.78, 5) is 26.3. The number of hydrogen-bond donors (Lipinski definition) is 2. The number of allylic oxidation sites excluding steroid dienone is 2. The first-order chi connectivity index (χ1) is 19.4. The van der Waals surface area contributed by atoms with E-state index in [1.54, 1.807) is 36.2 Å². The summed E-state index contributed by atoms with van der Waals surface area (Å²) in [6.45, 7) is 5.33. The third-order valence-corrected chi connectivity index (χ3v) is 7.14. The van der Waals surface area contributed by atoms with Crippen molar-refractivity contribution in [3.63, 3.8) is 0 Å². The number of carbonyl (C=O) groups is 1. The second-order valence-electron chi connectivity index (χ2n) is 9.61. The summed E-state index contributed by atoms with van der Waals surface area (Å²) in [7, 11) is 5.77. The van der Waals surface area contributed by atoms with Crippen molar-refractivity contribution in [2.45, 2.75) is 12.5 Å². The zero-order valence-electron chi connectivity index (χ0n) is 22.6. The fraction of sp³-hybridized carbons (Fsp3) is 0.241. The quantitative estimate of drug-likeness (QED) is 0.218. The van der Waals surface area contributed by atoms with Gasteiger partial charge in [-0.25, -0.2) is 14.5 Å². The van der Waals surface area contributed by atoms with Gasteiger partial charge in [-0.2, -0.15) is 5.10 Å². The van der Waals surface area contributed by atoms with E-state index in [1.165, 1.54) is 6.08 Å². The number of fused-ring (bicyclic) bond motifs is 1. The molecule has 0 radical (unpaired) electrons. The Balaban J connectivity index is 1.52. The van der Waals surface area contributed by atoms with Crippen LogP contribution in [0.2, 0.25) is 5.02 Å². The number of aromatic nitrogens is 4. The highest BCUT2D eigenvalue weighted by atomic mass is 35.5. The first-order valence-corrected chi connectivity index (χ1v) is 13.2. The van der Waals surface area contributed by atoms with E-state index >= 15 is 0 Å². The van der Waals surface area contributed by atoms with Gasteiger partial charge in [0.1, 0.15) is 5.75 Å².